The summed E-state index contributed by atoms with van der Waals surface area (Å²) in [5.41, 5.74) is -0.280. The van der Waals surface area contributed by atoms with Crippen LogP contribution in [0.4, 0.5) is 17.6 Å². The number of hydrogen-bond donors (Lipinski definition) is 1. The minimum absolute atomic E-state index is 0.104. The van der Waals surface area contributed by atoms with Crippen molar-refractivity contribution in [3.63, 3.8) is 0 Å². The first kappa shape index (κ1) is 21.1. The van der Waals surface area contributed by atoms with Crippen LogP contribution in [0.5, 0.6) is 0 Å². The van der Waals surface area contributed by atoms with Gasteiger partial charge in [0.25, 0.3) is 0 Å². The van der Waals surface area contributed by atoms with Crippen molar-refractivity contribution in [1.29, 1.82) is 0 Å². The maximum atomic E-state index is 13.8. The first-order valence-electron chi connectivity index (χ1n) is 8.81. The molecule has 2 atom stereocenters. The Kier molecular flexibility index (Phi) is 6.12. The van der Waals surface area contributed by atoms with Crippen LogP contribution < -0.4 is 5.32 Å². The Balaban J connectivity index is 1.85. The molecule has 2 aromatic rings. The zero-order valence-electron chi connectivity index (χ0n) is 15.3. The van der Waals surface area contributed by atoms with Crippen molar-refractivity contribution in [2.45, 2.75) is 25.4 Å². The molecule has 2 unspecified atom stereocenters. The molecule has 0 bridgehead atoms. The number of carbonyl (C=O) groups is 2. The van der Waals surface area contributed by atoms with E-state index in [-0.39, 0.29) is 24.8 Å². The van der Waals surface area contributed by atoms with Crippen molar-refractivity contribution >= 4 is 23.4 Å². The summed E-state index contributed by atoms with van der Waals surface area (Å²) in [5, 5.41) is 2.75. The van der Waals surface area contributed by atoms with Crippen molar-refractivity contribution in [3.8, 4) is 0 Å². The van der Waals surface area contributed by atoms with Crippen LogP contribution in [0.15, 0.2) is 30.3 Å². The third kappa shape index (κ3) is 4.22. The quantitative estimate of drug-likeness (QED) is 0.588. The number of likely N-dealkylation sites (tertiary alicyclic amines) is 1. The predicted molar refractivity (Wildman–Crippen MR) is 97.8 cm³/mol. The van der Waals surface area contributed by atoms with E-state index in [2.05, 4.69) is 5.32 Å². The molecule has 9 heteroatoms. The monoisotopic (exact) mass is 428 g/mol. The number of amides is 2. The summed E-state index contributed by atoms with van der Waals surface area (Å²) >= 11 is 6.02. The molecule has 1 fully saturated rings. The van der Waals surface area contributed by atoms with E-state index < -0.39 is 53.2 Å². The molecule has 0 saturated carbocycles. The lowest BCUT2D eigenvalue weighted by Gasteiger charge is -2.38. The van der Waals surface area contributed by atoms with Crippen molar-refractivity contribution in [2.24, 2.45) is 5.92 Å². The number of carbonyl (C=O) groups excluding carboxylic acids is 2. The molecule has 0 aromatic heterocycles. The average molecular weight is 429 g/mol. The van der Waals surface area contributed by atoms with Gasteiger partial charge in [-0.05, 0) is 24.1 Å². The Hall–Kier alpha value is -2.61. The lowest BCUT2D eigenvalue weighted by atomic mass is 9.84. The summed E-state index contributed by atoms with van der Waals surface area (Å²) in [6.45, 7) is -0.735. The fourth-order valence-corrected chi connectivity index (χ4v) is 3.74. The van der Waals surface area contributed by atoms with Crippen LogP contribution >= 0.6 is 11.6 Å². The zero-order valence-corrected chi connectivity index (χ0v) is 16.1. The molecule has 2 aromatic carbocycles. The SMILES string of the molecule is CN1C(=O)CCC(C(=O)NCc2c(F)c(F)cc(F)c2F)C1c1cccc(Cl)c1. The highest BCUT2D eigenvalue weighted by molar-refractivity contribution is 6.30. The van der Waals surface area contributed by atoms with Crippen molar-refractivity contribution < 1.29 is 27.2 Å². The third-order valence-electron chi connectivity index (χ3n) is 5.03. The lowest BCUT2D eigenvalue weighted by Crippen LogP contribution is -2.46. The van der Waals surface area contributed by atoms with Gasteiger partial charge in [0.1, 0.15) is 0 Å². The summed E-state index contributed by atoms with van der Waals surface area (Å²) in [4.78, 5) is 26.3. The third-order valence-corrected chi connectivity index (χ3v) is 5.27. The van der Waals surface area contributed by atoms with E-state index in [1.807, 2.05) is 0 Å². The topological polar surface area (TPSA) is 49.4 Å². The van der Waals surface area contributed by atoms with Gasteiger partial charge in [0.15, 0.2) is 23.3 Å². The number of piperidine rings is 1. The van der Waals surface area contributed by atoms with Gasteiger partial charge in [-0.25, -0.2) is 17.6 Å². The number of benzene rings is 2. The molecular formula is C20H17ClF4N2O2. The minimum Gasteiger partial charge on any atom is -0.351 e. The van der Waals surface area contributed by atoms with Crippen molar-refractivity contribution in [1.82, 2.24) is 10.2 Å². The second-order valence-electron chi connectivity index (χ2n) is 6.81. The van der Waals surface area contributed by atoms with Gasteiger partial charge >= 0.3 is 0 Å². The second-order valence-corrected chi connectivity index (χ2v) is 7.25. The number of hydrogen-bond acceptors (Lipinski definition) is 2. The molecule has 1 saturated heterocycles. The average Bonchev–Trinajstić information content (AvgIpc) is 2.68. The molecule has 29 heavy (non-hydrogen) atoms. The summed E-state index contributed by atoms with van der Waals surface area (Å²) in [5.74, 6) is -7.72. The van der Waals surface area contributed by atoms with Gasteiger partial charge in [-0.3, -0.25) is 9.59 Å². The summed E-state index contributed by atoms with van der Waals surface area (Å²) < 4.78 is 54.4. The van der Waals surface area contributed by atoms with E-state index in [0.717, 1.165) is 0 Å². The van der Waals surface area contributed by atoms with Gasteiger partial charge in [-0.2, -0.15) is 0 Å². The van der Waals surface area contributed by atoms with E-state index in [1.54, 1.807) is 31.3 Å². The molecule has 1 aliphatic heterocycles. The van der Waals surface area contributed by atoms with E-state index in [9.17, 15) is 27.2 Å². The van der Waals surface area contributed by atoms with Crippen LogP contribution in [0.3, 0.4) is 0 Å². The van der Waals surface area contributed by atoms with Gasteiger partial charge < -0.3 is 10.2 Å². The van der Waals surface area contributed by atoms with Crippen molar-refractivity contribution in [3.05, 3.63) is 69.8 Å². The molecular weight excluding hydrogens is 412 g/mol. The highest BCUT2D eigenvalue weighted by atomic mass is 35.5. The highest BCUT2D eigenvalue weighted by Gasteiger charge is 2.39. The first-order chi connectivity index (χ1) is 13.7. The normalized spacial score (nSPS) is 19.4. The van der Waals surface area contributed by atoms with Crippen molar-refractivity contribution in [2.75, 3.05) is 7.05 Å². The fourth-order valence-electron chi connectivity index (χ4n) is 3.54. The van der Waals surface area contributed by atoms with E-state index in [1.165, 1.54) is 4.90 Å². The van der Waals surface area contributed by atoms with Gasteiger partial charge in [-0.15, -0.1) is 0 Å². The Morgan fingerprint density at radius 1 is 1.17 bits per heavy atom. The second kappa shape index (κ2) is 8.41. The van der Waals surface area contributed by atoms with Crippen LogP contribution in [-0.4, -0.2) is 23.8 Å². The molecule has 1 aliphatic rings. The molecule has 0 aliphatic carbocycles. The largest absolute Gasteiger partial charge is 0.351 e. The highest BCUT2D eigenvalue weighted by Crippen LogP contribution is 2.36. The van der Waals surface area contributed by atoms with E-state index >= 15 is 0 Å². The van der Waals surface area contributed by atoms with Gasteiger partial charge in [-0.1, -0.05) is 23.7 Å². The number of rotatable bonds is 4. The van der Waals surface area contributed by atoms with Crippen LogP contribution in [0.1, 0.15) is 30.0 Å². The number of halogens is 5. The Bertz CT molecular complexity index is 943. The van der Waals surface area contributed by atoms with E-state index in [4.69, 9.17) is 11.6 Å². The van der Waals surface area contributed by atoms with Gasteiger partial charge in [0.2, 0.25) is 11.8 Å². The molecule has 154 valence electrons. The Morgan fingerprint density at radius 2 is 1.83 bits per heavy atom. The molecule has 0 radical (unpaired) electrons. The number of nitrogens with one attached hydrogen (secondary N) is 1. The summed E-state index contributed by atoms with van der Waals surface area (Å²) in [7, 11) is 1.55. The molecule has 1 N–H and O–H groups in total. The molecule has 1 heterocycles. The molecule has 2 amide bonds. The standard InChI is InChI=1S/C20H17ClF4N2O2/c1-27-16(28)6-5-12(19(27)10-3-2-4-11(21)7-10)20(29)26-9-13-17(24)14(22)8-15(23)18(13)25/h2-4,7-8,12,19H,5-6,9H2,1H3,(H,26,29). The Morgan fingerprint density at radius 3 is 2.45 bits per heavy atom. The summed E-state index contributed by atoms with van der Waals surface area (Å²) in [6, 6.07) is 6.13. The fraction of sp³-hybridized carbons (Fsp3) is 0.300. The van der Waals surface area contributed by atoms with Gasteiger partial charge in [0, 0.05) is 36.7 Å². The smallest absolute Gasteiger partial charge is 0.225 e. The van der Waals surface area contributed by atoms with E-state index in [0.29, 0.717) is 10.6 Å². The zero-order chi connectivity index (χ0) is 21.3. The van der Waals surface area contributed by atoms with Crippen LogP contribution in [-0.2, 0) is 16.1 Å². The summed E-state index contributed by atoms with van der Waals surface area (Å²) in [6.07, 6.45) is 0.317. The number of nitrogens with zero attached hydrogens (tertiary/aromatic N) is 1. The lowest BCUT2D eigenvalue weighted by molar-refractivity contribution is -0.141. The molecule has 3 rings (SSSR count). The van der Waals surface area contributed by atoms with Crippen LogP contribution in [0.2, 0.25) is 5.02 Å². The van der Waals surface area contributed by atoms with Crippen LogP contribution in [0, 0.1) is 29.2 Å². The first-order valence-corrected chi connectivity index (χ1v) is 9.19. The van der Waals surface area contributed by atoms with Crippen LogP contribution in [0.25, 0.3) is 0 Å². The maximum absolute atomic E-state index is 13.8. The maximum Gasteiger partial charge on any atom is 0.225 e. The van der Waals surface area contributed by atoms with Gasteiger partial charge in [0.05, 0.1) is 12.0 Å². The Labute approximate surface area is 169 Å². The minimum atomic E-state index is -1.56. The molecule has 4 nitrogen and oxygen atoms in total. The predicted octanol–water partition coefficient (Wildman–Crippen LogP) is 4.12. The molecule has 0 spiro atoms.